The highest BCUT2D eigenvalue weighted by atomic mass is 16.6. The lowest BCUT2D eigenvalue weighted by Gasteiger charge is -2.18. The summed E-state index contributed by atoms with van der Waals surface area (Å²) < 4.78 is 17.0. The van der Waals surface area contributed by atoms with Crippen LogP contribution in [0.4, 0.5) is 0 Å². The van der Waals surface area contributed by atoms with Crippen molar-refractivity contribution in [3.05, 3.63) is 60.8 Å². The van der Waals surface area contributed by atoms with Crippen LogP contribution in [0.5, 0.6) is 0 Å². The molecule has 6 nitrogen and oxygen atoms in total. The summed E-state index contributed by atoms with van der Waals surface area (Å²) in [5.74, 6) is -0.839. The van der Waals surface area contributed by atoms with E-state index in [1.165, 1.54) is 263 Å². The Morgan fingerprint density at radius 1 is 0.253 bits per heavy atom. The molecule has 0 N–H and O–H groups in total. The van der Waals surface area contributed by atoms with Crippen molar-refractivity contribution in [2.45, 2.75) is 399 Å². The molecule has 6 heteroatoms. The van der Waals surface area contributed by atoms with Crippen LogP contribution in [0, 0.1) is 0 Å². The minimum absolute atomic E-state index is 0.0667. The summed E-state index contributed by atoms with van der Waals surface area (Å²) in [5, 5.41) is 0. The summed E-state index contributed by atoms with van der Waals surface area (Å²) in [4.78, 5) is 38.4. The molecule has 0 amide bonds. The quantitative estimate of drug-likeness (QED) is 0.0261. The molecule has 1 unspecified atom stereocenters. The number of rotatable bonds is 68. The average molecular weight is 1160 g/mol. The van der Waals surface area contributed by atoms with E-state index in [0.29, 0.717) is 19.3 Å². The van der Waals surface area contributed by atoms with Crippen LogP contribution >= 0.6 is 0 Å². The second kappa shape index (κ2) is 71.6. The highest BCUT2D eigenvalue weighted by Gasteiger charge is 2.19. The zero-order chi connectivity index (χ0) is 59.9. The predicted molar refractivity (Wildman–Crippen MR) is 362 cm³/mol. The second-order valence-electron chi connectivity index (χ2n) is 24.8. The van der Waals surface area contributed by atoms with Crippen LogP contribution in [0.1, 0.15) is 393 Å². The second-order valence-corrected chi connectivity index (χ2v) is 24.8. The van der Waals surface area contributed by atoms with Crippen molar-refractivity contribution in [1.29, 1.82) is 0 Å². The van der Waals surface area contributed by atoms with Gasteiger partial charge in [-0.1, -0.05) is 370 Å². The first-order valence-corrected chi connectivity index (χ1v) is 36.8. The standard InChI is InChI=1S/C77H140O6/c1-4-7-10-13-16-19-22-24-26-28-30-32-34-35-36-37-38-39-40-41-43-44-46-48-50-52-55-58-61-64-67-70-76(79)82-73-74(72-81-75(78)69-66-63-60-57-54-21-18-15-12-9-6-3)83-77(80)71-68-65-62-59-56-53-51-49-47-45-42-33-31-29-27-25-23-20-17-14-11-8-5-2/h7,10,16,19,24,26,30,32,35-36,74H,4-6,8-9,11-15,17-18,20-23,25,27-29,31,33-34,37-73H2,1-3H3/b10-7-,19-16-,26-24-,32-30-,36-35-. The molecule has 0 fully saturated rings. The van der Waals surface area contributed by atoms with Gasteiger partial charge in [-0.15, -0.1) is 0 Å². The molecule has 0 aromatic heterocycles. The summed E-state index contributed by atoms with van der Waals surface area (Å²) >= 11 is 0. The fourth-order valence-electron chi connectivity index (χ4n) is 11.1. The van der Waals surface area contributed by atoms with Crippen molar-refractivity contribution < 1.29 is 28.6 Å². The zero-order valence-corrected chi connectivity index (χ0v) is 55.7. The maximum Gasteiger partial charge on any atom is 0.306 e. The third-order valence-electron chi connectivity index (χ3n) is 16.5. The smallest absolute Gasteiger partial charge is 0.306 e. The Labute approximate surface area is 517 Å². The van der Waals surface area contributed by atoms with E-state index < -0.39 is 6.10 Å². The Kier molecular flexibility index (Phi) is 69.1. The lowest BCUT2D eigenvalue weighted by molar-refractivity contribution is -0.167. The molecule has 0 heterocycles. The number of ether oxygens (including phenoxy) is 3. The van der Waals surface area contributed by atoms with Gasteiger partial charge in [0.2, 0.25) is 0 Å². The molecule has 1 atom stereocenters. The highest BCUT2D eigenvalue weighted by molar-refractivity contribution is 5.71. The molecule has 0 aromatic carbocycles. The van der Waals surface area contributed by atoms with Gasteiger partial charge >= 0.3 is 17.9 Å². The Balaban J connectivity index is 4.14. The molecular formula is C77H140O6. The minimum atomic E-state index is -0.770. The van der Waals surface area contributed by atoms with Crippen molar-refractivity contribution in [2.75, 3.05) is 13.2 Å². The van der Waals surface area contributed by atoms with E-state index in [0.717, 1.165) is 89.9 Å². The molecule has 0 aliphatic rings. The Bertz CT molecular complexity index is 1470. The van der Waals surface area contributed by atoms with E-state index in [2.05, 4.69) is 81.5 Å². The molecular weight excluding hydrogens is 1020 g/mol. The summed E-state index contributed by atoms with van der Waals surface area (Å²) in [5.41, 5.74) is 0. The molecule has 0 aliphatic carbocycles. The maximum atomic E-state index is 13.0. The van der Waals surface area contributed by atoms with Gasteiger partial charge in [-0.05, 0) is 64.2 Å². The average Bonchev–Trinajstić information content (AvgIpc) is 3.48. The van der Waals surface area contributed by atoms with E-state index in [4.69, 9.17) is 14.2 Å². The number of allylic oxidation sites excluding steroid dienone is 10. The first-order valence-electron chi connectivity index (χ1n) is 36.8. The van der Waals surface area contributed by atoms with E-state index in [9.17, 15) is 14.4 Å². The van der Waals surface area contributed by atoms with E-state index in [1.54, 1.807) is 0 Å². The van der Waals surface area contributed by atoms with Crippen LogP contribution in [0.2, 0.25) is 0 Å². The molecule has 484 valence electrons. The zero-order valence-electron chi connectivity index (χ0n) is 55.7. The number of hydrogen-bond donors (Lipinski definition) is 0. The first-order chi connectivity index (χ1) is 41.0. The van der Waals surface area contributed by atoms with Gasteiger partial charge in [-0.3, -0.25) is 14.4 Å². The van der Waals surface area contributed by atoms with Crippen molar-refractivity contribution in [3.8, 4) is 0 Å². The first kappa shape index (κ1) is 80.1. The van der Waals surface area contributed by atoms with Crippen LogP contribution < -0.4 is 0 Å². The molecule has 0 saturated carbocycles. The van der Waals surface area contributed by atoms with Gasteiger partial charge < -0.3 is 14.2 Å². The van der Waals surface area contributed by atoms with Gasteiger partial charge in [-0.2, -0.15) is 0 Å². The largest absolute Gasteiger partial charge is 0.462 e. The van der Waals surface area contributed by atoms with Gasteiger partial charge in [0.25, 0.3) is 0 Å². The lowest BCUT2D eigenvalue weighted by atomic mass is 10.0. The molecule has 0 aromatic rings. The van der Waals surface area contributed by atoms with Crippen LogP contribution in [-0.4, -0.2) is 37.2 Å². The fraction of sp³-hybridized carbons (Fsp3) is 0.831. The number of carbonyl (C=O) groups excluding carboxylic acids is 3. The summed E-state index contributed by atoms with van der Waals surface area (Å²) in [6.45, 7) is 6.59. The molecule has 0 aliphatic heterocycles. The van der Waals surface area contributed by atoms with Crippen LogP contribution in [0.15, 0.2) is 60.8 Å². The third kappa shape index (κ3) is 69.8. The Morgan fingerprint density at radius 2 is 0.470 bits per heavy atom. The topological polar surface area (TPSA) is 78.9 Å². The summed E-state index contributed by atoms with van der Waals surface area (Å²) in [7, 11) is 0. The van der Waals surface area contributed by atoms with E-state index >= 15 is 0 Å². The Hall–Kier alpha value is -2.89. The van der Waals surface area contributed by atoms with Crippen LogP contribution in [-0.2, 0) is 28.6 Å². The monoisotopic (exact) mass is 1160 g/mol. The molecule has 83 heavy (non-hydrogen) atoms. The van der Waals surface area contributed by atoms with Crippen molar-refractivity contribution in [1.82, 2.24) is 0 Å². The minimum Gasteiger partial charge on any atom is -0.462 e. The van der Waals surface area contributed by atoms with Gasteiger partial charge in [-0.25, -0.2) is 0 Å². The number of hydrogen-bond acceptors (Lipinski definition) is 6. The van der Waals surface area contributed by atoms with E-state index in [-0.39, 0.29) is 31.1 Å². The fourth-order valence-corrected chi connectivity index (χ4v) is 11.1. The number of unbranched alkanes of at least 4 members (excludes halogenated alkanes) is 47. The van der Waals surface area contributed by atoms with Gasteiger partial charge in [0.05, 0.1) is 0 Å². The summed E-state index contributed by atoms with van der Waals surface area (Å²) in [6.07, 6.45) is 92.7. The molecule has 0 rings (SSSR count). The Morgan fingerprint density at radius 3 is 0.735 bits per heavy atom. The van der Waals surface area contributed by atoms with Crippen LogP contribution in [0.25, 0.3) is 0 Å². The maximum absolute atomic E-state index is 13.0. The van der Waals surface area contributed by atoms with Crippen LogP contribution in [0.3, 0.4) is 0 Å². The van der Waals surface area contributed by atoms with Crippen molar-refractivity contribution in [3.63, 3.8) is 0 Å². The van der Waals surface area contributed by atoms with Crippen molar-refractivity contribution >= 4 is 17.9 Å². The molecule has 0 radical (unpaired) electrons. The molecule has 0 spiro atoms. The molecule has 0 bridgehead atoms. The van der Waals surface area contributed by atoms with Gasteiger partial charge in [0.15, 0.2) is 6.10 Å². The number of esters is 3. The normalized spacial score (nSPS) is 12.4. The number of carbonyl (C=O) groups is 3. The SMILES string of the molecule is CC/C=C\C/C=C\C/C=C\C/C=C\C/C=C\CCCCCCCCCCCCCCCCCC(=O)OCC(COC(=O)CCCCCCCCCCCCC)OC(=O)CCCCCCCCCCCCCCCCCCCCCCCCC. The van der Waals surface area contributed by atoms with Gasteiger partial charge in [0.1, 0.15) is 13.2 Å². The predicted octanol–water partition coefficient (Wildman–Crippen LogP) is 25.5. The molecule has 0 saturated heterocycles. The summed E-state index contributed by atoms with van der Waals surface area (Å²) in [6, 6.07) is 0. The van der Waals surface area contributed by atoms with Crippen molar-refractivity contribution in [2.24, 2.45) is 0 Å². The third-order valence-corrected chi connectivity index (χ3v) is 16.5. The van der Waals surface area contributed by atoms with Gasteiger partial charge in [0, 0.05) is 19.3 Å². The highest BCUT2D eigenvalue weighted by Crippen LogP contribution is 2.19. The lowest BCUT2D eigenvalue weighted by Crippen LogP contribution is -2.30. The van der Waals surface area contributed by atoms with E-state index in [1.807, 2.05) is 0 Å².